The van der Waals surface area contributed by atoms with Crippen LogP contribution in [0.3, 0.4) is 0 Å². The lowest BCUT2D eigenvalue weighted by Crippen LogP contribution is -2.53. The average Bonchev–Trinajstić information content (AvgIpc) is 3.15. The molecule has 3 rings (SSSR count). The van der Waals surface area contributed by atoms with Crippen LogP contribution in [0.25, 0.3) is 0 Å². The zero-order chi connectivity index (χ0) is 23.3. The topological polar surface area (TPSA) is 44.8 Å². The highest BCUT2D eigenvalue weighted by molar-refractivity contribution is 14.1. The van der Waals surface area contributed by atoms with Gasteiger partial charge in [0.2, 0.25) is 5.91 Å². The maximum Gasteiger partial charge on any atom is 0.234 e. The predicted octanol–water partition coefficient (Wildman–Crippen LogP) is 4.57. The minimum Gasteiger partial charge on any atom is -0.493 e. The molecule has 2 aliphatic heterocycles. The molecule has 0 spiro atoms. The highest BCUT2D eigenvalue weighted by Gasteiger charge is 2.33. The molecule has 1 N–H and O–H groups in total. The van der Waals surface area contributed by atoms with E-state index in [1.54, 1.807) is 11.8 Å². The normalized spacial score (nSPS) is 22.2. The van der Waals surface area contributed by atoms with E-state index < -0.39 is 0 Å². The number of alkyl halides is 1. The Balaban J connectivity index is 1.43. The summed E-state index contributed by atoms with van der Waals surface area (Å²) in [5, 5.41) is 5.24. The van der Waals surface area contributed by atoms with Gasteiger partial charge in [0, 0.05) is 31.6 Å². The summed E-state index contributed by atoms with van der Waals surface area (Å²) >= 11 is 3.97. The summed E-state index contributed by atoms with van der Waals surface area (Å²) in [5.41, 5.74) is 3.97. The Labute approximate surface area is 211 Å². The Morgan fingerprint density at radius 1 is 1.28 bits per heavy atom. The Morgan fingerprint density at radius 3 is 2.69 bits per heavy atom. The molecule has 3 atom stereocenters. The molecule has 5 nitrogen and oxygen atoms in total. The Kier molecular flexibility index (Phi) is 9.76. The number of amides is 1. The molecule has 178 valence electrons. The van der Waals surface area contributed by atoms with E-state index in [1.807, 2.05) is 5.41 Å². The summed E-state index contributed by atoms with van der Waals surface area (Å²) in [6.45, 7) is 11.4. The van der Waals surface area contributed by atoms with Crippen LogP contribution in [0.4, 0.5) is 0 Å². The number of hydrogen-bond donors (Lipinski definition) is 1. The fourth-order valence-electron chi connectivity index (χ4n) is 4.32. The van der Waals surface area contributed by atoms with Crippen molar-refractivity contribution in [2.45, 2.75) is 48.8 Å². The first-order valence-corrected chi connectivity index (χ1v) is 13.8. The van der Waals surface area contributed by atoms with Crippen molar-refractivity contribution >= 4 is 40.3 Å². The number of unbranched alkanes of at least 4 members (excludes halogenated alkanes) is 1. The van der Waals surface area contributed by atoms with E-state index in [4.69, 9.17) is 4.74 Å². The van der Waals surface area contributed by atoms with Crippen LogP contribution in [-0.2, 0) is 4.79 Å². The van der Waals surface area contributed by atoms with Crippen LogP contribution in [0.15, 0.2) is 23.6 Å². The van der Waals surface area contributed by atoms with Gasteiger partial charge in [-0.25, -0.2) is 0 Å². The van der Waals surface area contributed by atoms with Crippen LogP contribution in [0.1, 0.15) is 42.5 Å². The third-order valence-corrected chi connectivity index (χ3v) is 9.36. The number of nitrogens with one attached hydrogen (secondary N) is 1. The minimum atomic E-state index is 0.0324. The smallest absolute Gasteiger partial charge is 0.234 e. The summed E-state index contributed by atoms with van der Waals surface area (Å²) in [6.07, 6.45) is 4.34. The second kappa shape index (κ2) is 12.1. The molecular weight excluding hydrogens is 533 g/mol. The molecule has 1 fully saturated rings. The highest BCUT2D eigenvalue weighted by Crippen LogP contribution is 2.34. The minimum absolute atomic E-state index is 0.0324. The van der Waals surface area contributed by atoms with Gasteiger partial charge in [-0.2, -0.15) is 0 Å². The zero-order valence-electron chi connectivity index (χ0n) is 20.1. The van der Waals surface area contributed by atoms with E-state index in [9.17, 15) is 4.79 Å². The number of allylic oxidation sites excluding steroid dienone is 1. The second-order valence-corrected chi connectivity index (χ2v) is 11.8. The number of halogens is 1. The molecule has 0 aliphatic carbocycles. The predicted molar refractivity (Wildman–Crippen MR) is 144 cm³/mol. The number of likely N-dealkylation sites (tertiary alicyclic amines) is 1. The van der Waals surface area contributed by atoms with Crippen LogP contribution in [0.5, 0.6) is 5.75 Å². The molecule has 7 heteroatoms. The maximum absolute atomic E-state index is 12.4. The van der Waals surface area contributed by atoms with Gasteiger partial charge in [0.05, 0.1) is 10.5 Å². The third kappa shape index (κ3) is 6.64. The van der Waals surface area contributed by atoms with E-state index in [-0.39, 0.29) is 11.2 Å². The fourth-order valence-corrected chi connectivity index (χ4v) is 6.52. The molecule has 2 aliphatic rings. The Hall–Kier alpha value is -0.770. The molecule has 0 saturated carbocycles. The molecule has 1 saturated heterocycles. The Morgan fingerprint density at radius 2 is 2.03 bits per heavy atom. The van der Waals surface area contributed by atoms with Crippen LogP contribution >= 0.6 is 34.4 Å². The van der Waals surface area contributed by atoms with Gasteiger partial charge in [-0.3, -0.25) is 9.69 Å². The maximum atomic E-state index is 12.4. The molecule has 1 amide bonds. The van der Waals surface area contributed by atoms with Gasteiger partial charge < -0.3 is 15.0 Å². The lowest BCUT2D eigenvalue weighted by Gasteiger charge is -2.44. The number of thioether (sulfide) groups is 1. The molecule has 0 bridgehead atoms. The van der Waals surface area contributed by atoms with Crippen molar-refractivity contribution in [2.24, 2.45) is 5.92 Å². The number of ether oxygens (including phenoxy) is 1. The first kappa shape index (κ1) is 25.8. The standard InChI is InChI=1S/C25H38IN3O2S/c1-17-18(2)23(31-12-7-6-11-28(4)5)9-8-21(17)19(3)29-15-20(16-29)14-27-25(30)24-22(26)10-13-32-24/h8-10,13,19-20,22,24H,6-7,11-12,14-16H2,1-5H3,(H,27,30). The van der Waals surface area contributed by atoms with Crippen LogP contribution in [0.2, 0.25) is 0 Å². The number of nitrogens with zero attached hydrogens (tertiary/aromatic N) is 2. The monoisotopic (exact) mass is 571 g/mol. The molecule has 3 unspecified atom stereocenters. The number of hydrogen-bond acceptors (Lipinski definition) is 5. The molecule has 0 aromatic heterocycles. The van der Waals surface area contributed by atoms with Gasteiger partial charge in [-0.05, 0) is 82.4 Å². The van der Waals surface area contributed by atoms with Gasteiger partial charge in [-0.15, -0.1) is 11.8 Å². The van der Waals surface area contributed by atoms with E-state index >= 15 is 0 Å². The lowest BCUT2D eigenvalue weighted by molar-refractivity contribution is -0.120. The summed E-state index contributed by atoms with van der Waals surface area (Å²) in [4.78, 5) is 17.1. The SMILES string of the molecule is Cc1c(OCCCCN(C)C)ccc(C(C)N2CC(CNC(=O)C3SC=CC3I)C2)c1C. The van der Waals surface area contributed by atoms with E-state index in [0.29, 0.717) is 15.9 Å². The van der Waals surface area contributed by atoms with Crippen LogP contribution in [-0.4, -0.2) is 71.8 Å². The quantitative estimate of drug-likeness (QED) is 0.240. The number of benzene rings is 1. The summed E-state index contributed by atoms with van der Waals surface area (Å²) in [6, 6.07) is 4.76. The molecule has 0 radical (unpaired) electrons. The summed E-state index contributed by atoms with van der Waals surface area (Å²) in [5.74, 6) is 1.73. The van der Waals surface area contributed by atoms with Gasteiger partial charge in [0.25, 0.3) is 0 Å². The van der Waals surface area contributed by atoms with Crippen molar-refractivity contribution in [3.63, 3.8) is 0 Å². The lowest BCUT2D eigenvalue weighted by atomic mass is 9.91. The first-order chi connectivity index (χ1) is 15.3. The van der Waals surface area contributed by atoms with Crippen molar-refractivity contribution in [1.82, 2.24) is 15.1 Å². The van der Waals surface area contributed by atoms with Gasteiger partial charge in [0.15, 0.2) is 0 Å². The second-order valence-electron chi connectivity index (χ2n) is 9.33. The van der Waals surface area contributed by atoms with E-state index in [2.05, 4.69) is 90.8 Å². The number of carbonyl (C=O) groups excluding carboxylic acids is 1. The molecule has 2 heterocycles. The van der Waals surface area contributed by atoms with Crippen LogP contribution < -0.4 is 10.1 Å². The van der Waals surface area contributed by atoms with Crippen molar-refractivity contribution in [3.8, 4) is 5.75 Å². The average molecular weight is 572 g/mol. The summed E-state index contributed by atoms with van der Waals surface area (Å²) in [7, 11) is 4.22. The van der Waals surface area contributed by atoms with E-state index in [0.717, 1.165) is 51.4 Å². The van der Waals surface area contributed by atoms with E-state index in [1.165, 1.54) is 16.7 Å². The largest absolute Gasteiger partial charge is 0.493 e. The van der Waals surface area contributed by atoms with Gasteiger partial charge >= 0.3 is 0 Å². The molecule has 32 heavy (non-hydrogen) atoms. The molecular formula is C25H38IN3O2S. The molecule has 1 aromatic rings. The number of rotatable bonds is 11. The van der Waals surface area contributed by atoms with Gasteiger partial charge in [-0.1, -0.05) is 34.7 Å². The molecule has 1 aromatic carbocycles. The summed E-state index contributed by atoms with van der Waals surface area (Å²) < 4.78 is 6.37. The van der Waals surface area contributed by atoms with Crippen LogP contribution in [0, 0.1) is 19.8 Å². The van der Waals surface area contributed by atoms with Crippen molar-refractivity contribution in [1.29, 1.82) is 0 Å². The van der Waals surface area contributed by atoms with Crippen molar-refractivity contribution in [2.75, 3.05) is 46.9 Å². The Bertz CT molecular complexity index is 811. The fraction of sp³-hybridized carbons (Fsp3) is 0.640. The highest BCUT2D eigenvalue weighted by atomic mass is 127. The van der Waals surface area contributed by atoms with Crippen molar-refractivity contribution < 1.29 is 9.53 Å². The van der Waals surface area contributed by atoms with Gasteiger partial charge in [0.1, 0.15) is 11.0 Å². The zero-order valence-corrected chi connectivity index (χ0v) is 23.0. The third-order valence-electron chi connectivity index (χ3n) is 6.62. The number of carbonyl (C=O) groups is 1. The first-order valence-electron chi connectivity index (χ1n) is 11.6. The van der Waals surface area contributed by atoms with Crippen molar-refractivity contribution in [3.05, 3.63) is 40.3 Å².